The van der Waals surface area contributed by atoms with Crippen LogP contribution in [-0.4, -0.2) is 38.7 Å². The van der Waals surface area contributed by atoms with Crippen LogP contribution in [0, 0.1) is 45.3 Å². The molecule has 0 radical (unpaired) electrons. The summed E-state index contributed by atoms with van der Waals surface area (Å²) in [6.45, 7) is 0. The first-order chi connectivity index (χ1) is 27.6. The fraction of sp³-hybridized carbons (Fsp3) is 0. The molecule has 0 saturated heterocycles. The second-order valence-electron chi connectivity index (χ2n) is 13.7. The Balaban J connectivity index is 1.46. The lowest BCUT2D eigenvalue weighted by Gasteiger charge is -2.13. The fourth-order valence-electron chi connectivity index (χ4n) is 8.71. The average Bonchev–Trinajstić information content (AvgIpc) is 3.99. The van der Waals surface area contributed by atoms with E-state index in [9.17, 15) is 21.0 Å². The summed E-state index contributed by atoms with van der Waals surface area (Å²) < 4.78 is 4.18. The maximum atomic E-state index is 10.4. The highest BCUT2D eigenvalue weighted by Crippen LogP contribution is 2.50. The molecule has 0 bridgehead atoms. The molecule has 0 amide bonds. The molecule has 12 nitrogen and oxygen atoms in total. The maximum absolute atomic E-state index is 10.4. The highest BCUT2D eigenvalue weighted by Gasteiger charge is 2.31. The van der Waals surface area contributed by atoms with Crippen LogP contribution in [0.15, 0.2) is 97.8 Å². The Morgan fingerprint density at radius 3 is 1.25 bits per heavy atom. The lowest BCUT2D eigenvalue weighted by atomic mass is 9.99. The van der Waals surface area contributed by atoms with Crippen LogP contribution in [0.3, 0.4) is 0 Å². The molecular formula is C44H16N12. The molecule has 3 aromatic carbocycles. The first kappa shape index (κ1) is 29.7. The van der Waals surface area contributed by atoms with Gasteiger partial charge in [-0.05, 0) is 60.7 Å². The zero-order valence-corrected chi connectivity index (χ0v) is 28.6. The molecule has 56 heavy (non-hydrogen) atoms. The minimum absolute atomic E-state index is 0.395. The van der Waals surface area contributed by atoms with Crippen LogP contribution in [0.5, 0.6) is 0 Å². The average molecular weight is 713 g/mol. The zero-order valence-electron chi connectivity index (χ0n) is 28.6. The molecule has 0 aliphatic carbocycles. The predicted molar refractivity (Wildman–Crippen MR) is 210 cm³/mol. The third-order valence-corrected chi connectivity index (χ3v) is 10.8. The van der Waals surface area contributed by atoms with Crippen molar-refractivity contribution in [3.05, 3.63) is 120 Å². The molecule has 0 saturated carbocycles. The molecule has 9 heterocycles. The smallest absolute Gasteiger partial charge is 0.145 e. The number of nitrogens with zero attached hydrogens (tertiary/aromatic N) is 12. The maximum Gasteiger partial charge on any atom is 0.145 e. The van der Waals surface area contributed by atoms with Crippen LogP contribution in [0.1, 0.15) is 22.3 Å². The van der Waals surface area contributed by atoms with Crippen molar-refractivity contribution in [2.24, 2.45) is 0 Å². The largest absolute Gasteiger partial charge is 0.290 e. The number of benzene rings is 3. The van der Waals surface area contributed by atoms with Gasteiger partial charge in [0.15, 0.2) is 0 Å². The van der Waals surface area contributed by atoms with Gasteiger partial charge in [-0.25, -0.2) is 19.9 Å². The van der Waals surface area contributed by atoms with Crippen LogP contribution in [0.2, 0.25) is 0 Å². The third kappa shape index (κ3) is 3.57. The number of rotatable bonds is 2. The minimum Gasteiger partial charge on any atom is -0.290 e. The van der Waals surface area contributed by atoms with Crippen molar-refractivity contribution in [1.82, 2.24) is 38.7 Å². The molecule has 0 aliphatic heterocycles. The van der Waals surface area contributed by atoms with Crippen LogP contribution in [-0.2, 0) is 0 Å². The van der Waals surface area contributed by atoms with Crippen molar-refractivity contribution in [1.29, 1.82) is 21.0 Å². The van der Waals surface area contributed by atoms with E-state index in [1.807, 2.05) is 48.5 Å². The molecule has 0 spiro atoms. The Bertz CT molecular complexity index is 3650. The molecule has 9 aromatic heterocycles. The Hall–Kier alpha value is -8.84. The lowest BCUT2D eigenvalue weighted by molar-refractivity contribution is 1.23. The molecule has 0 fully saturated rings. The van der Waals surface area contributed by atoms with Crippen molar-refractivity contribution < 1.29 is 0 Å². The molecular weight excluding hydrogens is 697 g/mol. The highest BCUT2D eigenvalue weighted by atomic mass is 15.0. The first-order valence-corrected chi connectivity index (χ1v) is 17.4. The van der Waals surface area contributed by atoms with Crippen molar-refractivity contribution in [3.8, 4) is 46.8 Å². The number of pyridine rings is 4. The van der Waals surface area contributed by atoms with Gasteiger partial charge in [0.2, 0.25) is 0 Å². The van der Waals surface area contributed by atoms with Gasteiger partial charge in [0.05, 0.1) is 67.8 Å². The van der Waals surface area contributed by atoms with Crippen molar-refractivity contribution in [2.45, 2.75) is 0 Å². The summed E-state index contributed by atoms with van der Waals surface area (Å²) in [5.74, 6) is 0. The molecule has 252 valence electrons. The topological polar surface area (TPSA) is 181 Å². The van der Waals surface area contributed by atoms with Gasteiger partial charge in [-0.1, -0.05) is 0 Å². The van der Waals surface area contributed by atoms with E-state index in [2.05, 4.69) is 43.0 Å². The monoisotopic (exact) mass is 712 g/mol. The van der Waals surface area contributed by atoms with Gasteiger partial charge < -0.3 is 0 Å². The molecule has 0 atom stereocenters. The molecule has 0 N–H and O–H groups in total. The van der Waals surface area contributed by atoms with Gasteiger partial charge in [0.25, 0.3) is 0 Å². The Kier molecular flexibility index (Phi) is 5.51. The van der Waals surface area contributed by atoms with Gasteiger partial charge in [-0.2, -0.15) is 21.0 Å². The van der Waals surface area contributed by atoms with Crippen LogP contribution in [0.4, 0.5) is 0 Å². The molecule has 0 aliphatic rings. The van der Waals surface area contributed by atoms with E-state index < -0.39 is 0 Å². The zero-order chi connectivity index (χ0) is 37.4. The summed E-state index contributed by atoms with van der Waals surface area (Å²) in [4.78, 5) is 29.6. The van der Waals surface area contributed by atoms with E-state index >= 15 is 0 Å². The first-order valence-electron chi connectivity index (χ1n) is 17.4. The second-order valence-corrected chi connectivity index (χ2v) is 13.7. The van der Waals surface area contributed by atoms with Gasteiger partial charge in [0, 0.05) is 91.4 Å². The summed E-state index contributed by atoms with van der Waals surface area (Å²) in [7, 11) is 0. The van der Waals surface area contributed by atoms with Gasteiger partial charge in [-0.15, -0.1) is 0 Å². The SMILES string of the molecule is N#Cc1cnc2c(c1)c1cc(C#N)cc3c4c5nc(-c6cccnc6)c(-c6cccnc6)nc5c5c6cc(C#N)cc7c8cc(C#N)cnc8n(c76)c5c4n2c13. The normalized spacial score (nSPS) is 11.9. The van der Waals surface area contributed by atoms with Gasteiger partial charge in [-0.3, -0.25) is 18.8 Å². The molecule has 12 rings (SSSR count). The van der Waals surface area contributed by atoms with E-state index in [0.717, 1.165) is 76.3 Å². The van der Waals surface area contributed by atoms with E-state index in [0.29, 0.717) is 56.0 Å². The summed E-state index contributed by atoms with van der Waals surface area (Å²) in [6.07, 6.45) is 10.0. The minimum atomic E-state index is 0.395. The summed E-state index contributed by atoms with van der Waals surface area (Å²) in [5, 5.41) is 46.6. The Morgan fingerprint density at radius 2 is 0.857 bits per heavy atom. The molecule has 0 unspecified atom stereocenters. The molecule has 12 aromatic rings. The Morgan fingerprint density at radius 1 is 0.446 bits per heavy atom. The Labute approximate surface area is 313 Å². The summed E-state index contributed by atoms with van der Waals surface area (Å²) >= 11 is 0. The fourth-order valence-corrected chi connectivity index (χ4v) is 8.71. The van der Waals surface area contributed by atoms with Gasteiger partial charge >= 0.3 is 0 Å². The number of aromatic nitrogens is 8. The lowest BCUT2D eigenvalue weighted by Crippen LogP contribution is -1.98. The van der Waals surface area contributed by atoms with Crippen molar-refractivity contribution in [2.75, 3.05) is 0 Å². The van der Waals surface area contributed by atoms with Crippen LogP contribution in [0.25, 0.3) is 110 Å². The van der Waals surface area contributed by atoms with Gasteiger partial charge in [0.1, 0.15) is 34.5 Å². The summed E-state index contributed by atoms with van der Waals surface area (Å²) in [6, 6.07) is 27.8. The van der Waals surface area contributed by atoms with E-state index in [4.69, 9.17) is 19.9 Å². The van der Waals surface area contributed by atoms with Crippen LogP contribution >= 0.6 is 0 Å². The predicted octanol–water partition coefficient (Wildman–Crippen LogP) is 8.33. The van der Waals surface area contributed by atoms with E-state index in [1.54, 1.807) is 49.3 Å². The highest BCUT2D eigenvalue weighted by molar-refractivity contribution is 6.39. The third-order valence-electron chi connectivity index (χ3n) is 10.8. The quantitative estimate of drug-likeness (QED) is 0.169. The van der Waals surface area contributed by atoms with E-state index in [-0.39, 0.29) is 0 Å². The number of fused-ring (bicyclic) bond motifs is 16. The number of hydrogen-bond acceptors (Lipinski definition) is 10. The molecule has 12 heteroatoms. The van der Waals surface area contributed by atoms with Crippen LogP contribution < -0.4 is 0 Å². The van der Waals surface area contributed by atoms with Crippen molar-refractivity contribution in [3.63, 3.8) is 0 Å². The number of nitriles is 4. The summed E-state index contributed by atoms with van der Waals surface area (Å²) in [5.41, 5.74) is 9.84. The number of hydrogen-bond donors (Lipinski definition) is 0. The standard InChI is InChI=1S/C44H16N12/c45-13-21-7-27-29-11-23(15-47)17-51-43(29)55-39(27)31(9-21)33-37-38(54-36(26-4-2-6-50-20-26)35(53-37)25-3-1-5-49-19-25)34-32-10-22(14-46)8-28-30-12-24(16-48)18-52-44(30)56(40(28)32)42(34)41(33)55/h1-12,17-20H. The second kappa shape index (κ2) is 10.4. The van der Waals surface area contributed by atoms with Crippen molar-refractivity contribution >= 4 is 87.5 Å². The van der Waals surface area contributed by atoms with E-state index in [1.165, 1.54) is 0 Å².